The second-order valence-electron chi connectivity index (χ2n) is 3.27. The van der Waals surface area contributed by atoms with Crippen molar-refractivity contribution in [3.8, 4) is 17.6 Å². The molecule has 3 nitrogen and oxygen atoms in total. The smallest absolute Gasteiger partial charge is 0.257 e. The Bertz CT molecular complexity index is 435. The minimum atomic E-state index is -0.164. The van der Waals surface area contributed by atoms with Gasteiger partial charge >= 0.3 is 0 Å². The average molecular weight is 252 g/mol. The molecule has 0 bridgehead atoms. The number of carbonyl (C=O) groups excluding carboxylic acids is 1. The van der Waals surface area contributed by atoms with Crippen LogP contribution in [0.1, 0.15) is 13.3 Å². The third-order valence-corrected chi connectivity index (χ3v) is 2.15. The van der Waals surface area contributed by atoms with Gasteiger partial charge in [-0.3, -0.25) is 4.79 Å². The summed E-state index contributed by atoms with van der Waals surface area (Å²) >= 11 is 5.78. The van der Waals surface area contributed by atoms with Crippen molar-refractivity contribution in [3.63, 3.8) is 0 Å². The minimum absolute atomic E-state index is 0.0140. The fourth-order valence-electron chi connectivity index (χ4n) is 1.15. The first-order valence-corrected chi connectivity index (χ1v) is 5.65. The van der Waals surface area contributed by atoms with Crippen molar-refractivity contribution in [1.29, 1.82) is 0 Å². The molecule has 0 aliphatic heterocycles. The van der Waals surface area contributed by atoms with Crippen LogP contribution in [-0.2, 0) is 4.79 Å². The zero-order valence-corrected chi connectivity index (χ0v) is 10.4. The van der Waals surface area contributed by atoms with Gasteiger partial charge in [-0.2, -0.15) is 0 Å². The molecule has 1 rings (SSSR count). The summed E-state index contributed by atoms with van der Waals surface area (Å²) in [7, 11) is 0. The molecule has 17 heavy (non-hydrogen) atoms. The Morgan fingerprint density at radius 2 is 2.35 bits per heavy atom. The molecule has 0 fully saturated rings. The fourth-order valence-corrected chi connectivity index (χ4v) is 1.33. The summed E-state index contributed by atoms with van der Waals surface area (Å²) in [6.45, 7) is 2.29. The van der Waals surface area contributed by atoms with Crippen LogP contribution in [0.15, 0.2) is 24.3 Å². The SMILES string of the molecule is CC#CCCNC(=O)COc1cccc(Cl)c1. The van der Waals surface area contributed by atoms with Crippen molar-refractivity contribution in [3.05, 3.63) is 29.3 Å². The predicted octanol–water partition coefficient (Wildman–Crippen LogP) is 2.25. The van der Waals surface area contributed by atoms with Crippen LogP contribution in [0, 0.1) is 11.8 Å². The molecule has 0 heterocycles. The molecular weight excluding hydrogens is 238 g/mol. The third kappa shape index (κ3) is 5.84. The molecule has 1 N–H and O–H groups in total. The molecule has 0 saturated carbocycles. The van der Waals surface area contributed by atoms with Crippen molar-refractivity contribution < 1.29 is 9.53 Å². The van der Waals surface area contributed by atoms with E-state index in [1.165, 1.54) is 0 Å². The summed E-state index contributed by atoms with van der Waals surface area (Å²) < 4.78 is 5.27. The van der Waals surface area contributed by atoms with E-state index in [4.69, 9.17) is 16.3 Å². The molecule has 0 aliphatic carbocycles. The molecule has 0 aliphatic rings. The Morgan fingerprint density at radius 1 is 1.53 bits per heavy atom. The standard InChI is InChI=1S/C13H14ClNO2/c1-2-3-4-8-15-13(16)10-17-12-7-5-6-11(14)9-12/h5-7,9H,4,8,10H2,1H3,(H,15,16). The number of rotatable bonds is 5. The van der Waals surface area contributed by atoms with Crippen molar-refractivity contribution >= 4 is 17.5 Å². The lowest BCUT2D eigenvalue weighted by Gasteiger charge is -2.06. The first-order chi connectivity index (χ1) is 8.22. The maximum Gasteiger partial charge on any atom is 0.257 e. The molecule has 0 atom stereocenters. The molecular formula is C13H14ClNO2. The largest absolute Gasteiger partial charge is 0.484 e. The molecule has 0 aromatic heterocycles. The van der Waals surface area contributed by atoms with Gasteiger partial charge in [0.25, 0.3) is 5.91 Å². The van der Waals surface area contributed by atoms with Gasteiger partial charge in [0.05, 0.1) is 0 Å². The molecule has 1 aromatic rings. The Labute approximate surface area is 106 Å². The Morgan fingerprint density at radius 3 is 3.06 bits per heavy atom. The number of carbonyl (C=O) groups is 1. The van der Waals surface area contributed by atoms with E-state index in [0.717, 1.165) is 0 Å². The molecule has 0 spiro atoms. The van der Waals surface area contributed by atoms with Crippen LogP contribution in [0.25, 0.3) is 0 Å². The molecule has 4 heteroatoms. The van der Waals surface area contributed by atoms with Crippen molar-refractivity contribution in [2.75, 3.05) is 13.2 Å². The zero-order chi connectivity index (χ0) is 12.5. The zero-order valence-electron chi connectivity index (χ0n) is 9.63. The summed E-state index contributed by atoms with van der Waals surface area (Å²) in [5.41, 5.74) is 0. The van der Waals surface area contributed by atoms with Gasteiger partial charge in [0.15, 0.2) is 6.61 Å². The van der Waals surface area contributed by atoms with Crippen LogP contribution in [0.5, 0.6) is 5.75 Å². The first-order valence-electron chi connectivity index (χ1n) is 5.27. The quantitative estimate of drug-likeness (QED) is 0.644. The van der Waals surface area contributed by atoms with Gasteiger partial charge in [-0.05, 0) is 25.1 Å². The van der Waals surface area contributed by atoms with E-state index in [1.54, 1.807) is 31.2 Å². The number of nitrogens with one attached hydrogen (secondary N) is 1. The molecule has 0 saturated heterocycles. The summed E-state index contributed by atoms with van der Waals surface area (Å²) in [5.74, 6) is 6.04. The summed E-state index contributed by atoms with van der Waals surface area (Å²) in [6, 6.07) is 6.93. The maximum absolute atomic E-state index is 11.3. The van der Waals surface area contributed by atoms with E-state index in [-0.39, 0.29) is 12.5 Å². The van der Waals surface area contributed by atoms with E-state index < -0.39 is 0 Å². The minimum Gasteiger partial charge on any atom is -0.484 e. The van der Waals surface area contributed by atoms with E-state index >= 15 is 0 Å². The highest BCUT2D eigenvalue weighted by Gasteiger charge is 2.01. The van der Waals surface area contributed by atoms with E-state index in [0.29, 0.717) is 23.7 Å². The van der Waals surface area contributed by atoms with E-state index in [9.17, 15) is 4.79 Å². The predicted molar refractivity (Wildman–Crippen MR) is 68.0 cm³/mol. The van der Waals surface area contributed by atoms with Crippen LogP contribution < -0.4 is 10.1 Å². The highest BCUT2D eigenvalue weighted by atomic mass is 35.5. The number of benzene rings is 1. The topological polar surface area (TPSA) is 38.3 Å². The first kappa shape index (κ1) is 13.4. The Balaban J connectivity index is 2.25. The lowest BCUT2D eigenvalue weighted by molar-refractivity contribution is -0.123. The van der Waals surface area contributed by atoms with Gasteiger partial charge in [-0.1, -0.05) is 17.7 Å². The highest BCUT2D eigenvalue weighted by Crippen LogP contribution is 2.16. The Hall–Kier alpha value is -1.66. The molecule has 1 aromatic carbocycles. The fraction of sp³-hybridized carbons (Fsp3) is 0.308. The van der Waals surface area contributed by atoms with Gasteiger partial charge in [0.1, 0.15) is 5.75 Å². The van der Waals surface area contributed by atoms with Gasteiger partial charge in [-0.25, -0.2) is 0 Å². The van der Waals surface area contributed by atoms with Crippen molar-refractivity contribution in [2.24, 2.45) is 0 Å². The second kappa shape index (κ2) is 7.59. The third-order valence-electron chi connectivity index (χ3n) is 1.91. The monoisotopic (exact) mass is 251 g/mol. The molecule has 1 amide bonds. The number of amides is 1. The number of hydrogen-bond donors (Lipinski definition) is 1. The number of hydrogen-bond acceptors (Lipinski definition) is 2. The second-order valence-corrected chi connectivity index (χ2v) is 3.71. The van der Waals surface area contributed by atoms with Crippen LogP contribution >= 0.6 is 11.6 Å². The van der Waals surface area contributed by atoms with Crippen molar-refractivity contribution in [2.45, 2.75) is 13.3 Å². The molecule has 90 valence electrons. The molecule has 0 radical (unpaired) electrons. The number of halogens is 1. The van der Waals surface area contributed by atoms with E-state index in [1.807, 2.05) is 0 Å². The normalized spacial score (nSPS) is 9.06. The van der Waals surface area contributed by atoms with Crippen LogP contribution in [0.2, 0.25) is 5.02 Å². The van der Waals surface area contributed by atoms with Gasteiger partial charge in [-0.15, -0.1) is 11.8 Å². The Kier molecular flexibility index (Phi) is 5.98. The van der Waals surface area contributed by atoms with Crippen molar-refractivity contribution in [1.82, 2.24) is 5.32 Å². The lowest BCUT2D eigenvalue weighted by Crippen LogP contribution is -2.29. The maximum atomic E-state index is 11.3. The van der Waals surface area contributed by atoms with Crippen LogP contribution in [0.4, 0.5) is 0 Å². The van der Waals surface area contributed by atoms with Gasteiger partial charge in [0.2, 0.25) is 0 Å². The van der Waals surface area contributed by atoms with Crippen LogP contribution in [-0.4, -0.2) is 19.1 Å². The highest BCUT2D eigenvalue weighted by molar-refractivity contribution is 6.30. The van der Waals surface area contributed by atoms with Gasteiger partial charge in [0, 0.05) is 18.0 Å². The summed E-state index contributed by atoms with van der Waals surface area (Å²) in [4.78, 5) is 11.3. The summed E-state index contributed by atoms with van der Waals surface area (Å²) in [5, 5.41) is 3.29. The van der Waals surface area contributed by atoms with Gasteiger partial charge < -0.3 is 10.1 Å². The molecule has 0 unspecified atom stereocenters. The average Bonchev–Trinajstić information content (AvgIpc) is 2.32. The summed E-state index contributed by atoms with van der Waals surface area (Å²) in [6.07, 6.45) is 0.652. The van der Waals surface area contributed by atoms with E-state index in [2.05, 4.69) is 17.2 Å². The van der Waals surface area contributed by atoms with Crippen LogP contribution in [0.3, 0.4) is 0 Å². The number of ether oxygens (including phenoxy) is 1. The lowest BCUT2D eigenvalue weighted by atomic mass is 10.3.